The molecule has 10 heteroatoms. The Labute approximate surface area is 255 Å². The molecule has 1 aliphatic heterocycles. The maximum atomic E-state index is 14.2. The first-order valence-corrected chi connectivity index (χ1v) is 14.9. The zero-order valence-corrected chi connectivity index (χ0v) is 25.0. The number of methoxy groups -OCH3 is 2. The number of nitro benzene ring substituents is 1. The van der Waals surface area contributed by atoms with Crippen molar-refractivity contribution < 1.29 is 18.8 Å². The summed E-state index contributed by atoms with van der Waals surface area (Å²) in [5, 5.41) is 11.7. The predicted molar refractivity (Wildman–Crippen MR) is 168 cm³/mol. The van der Waals surface area contributed by atoms with Gasteiger partial charge in [0.25, 0.3) is 11.2 Å². The van der Waals surface area contributed by atoms with Gasteiger partial charge in [0, 0.05) is 23.3 Å². The molecule has 5 aromatic rings. The number of aryl methyl sites for hydroxylation is 2. The lowest BCUT2D eigenvalue weighted by Gasteiger charge is -2.31. The van der Waals surface area contributed by atoms with Gasteiger partial charge in [0.2, 0.25) is 0 Å². The summed E-state index contributed by atoms with van der Waals surface area (Å²) in [5.41, 5.74) is 5.92. The minimum absolute atomic E-state index is 0.0385. The molecule has 1 unspecified atom stereocenters. The number of allylic oxidation sites excluding steroid dienone is 1. The summed E-state index contributed by atoms with van der Waals surface area (Å²) in [6, 6.07) is 21.8. The molecule has 1 atom stereocenters. The molecule has 7 rings (SSSR count). The minimum atomic E-state index is -0.454. The summed E-state index contributed by atoms with van der Waals surface area (Å²) in [4.78, 5) is 31.1. The highest BCUT2D eigenvalue weighted by Gasteiger charge is 2.34. The third-order valence-electron chi connectivity index (χ3n) is 8.12. The van der Waals surface area contributed by atoms with Crippen molar-refractivity contribution in [2.45, 2.75) is 25.8 Å². The van der Waals surface area contributed by atoms with Crippen molar-refractivity contribution in [2.24, 2.45) is 4.99 Å². The Morgan fingerprint density at radius 2 is 1.86 bits per heavy atom. The van der Waals surface area contributed by atoms with Crippen LogP contribution in [0.5, 0.6) is 11.5 Å². The minimum Gasteiger partial charge on any atom is -0.497 e. The van der Waals surface area contributed by atoms with Crippen LogP contribution in [0.1, 0.15) is 40.5 Å². The summed E-state index contributed by atoms with van der Waals surface area (Å²) in [6.45, 7) is 1.80. The maximum Gasteiger partial charge on any atom is 0.280 e. The van der Waals surface area contributed by atoms with Gasteiger partial charge in [0.1, 0.15) is 23.0 Å². The van der Waals surface area contributed by atoms with E-state index in [4.69, 9.17) is 18.9 Å². The zero-order valence-electron chi connectivity index (χ0n) is 24.2. The largest absolute Gasteiger partial charge is 0.497 e. The Hall–Kier alpha value is -5.22. The number of hydrogen-bond donors (Lipinski definition) is 0. The van der Waals surface area contributed by atoms with E-state index in [2.05, 4.69) is 12.1 Å². The van der Waals surface area contributed by atoms with Crippen molar-refractivity contribution in [3.63, 3.8) is 0 Å². The zero-order chi connectivity index (χ0) is 30.5. The molecule has 0 N–H and O–H groups in total. The van der Waals surface area contributed by atoms with Crippen molar-refractivity contribution in [3.05, 3.63) is 136 Å². The monoisotopic (exact) mass is 605 g/mol. The van der Waals surface area contributed by atoms with Crippen LogP contribution in [0.25, 0.3) is 23.1 Å². The molecule has 0 bridgehead atoms. The Morgan fingerprint density at radius 3 is 2.66 bits per heavy atom. The van der Waals surface area contributed by atoms with Crippen LogP contribution in [-0.4, -0.2) is 23.7 Å². The average molecular weight is 606 g/mol. The Balaban J connectivity index is 1.42. The second-order valence-electron chi connectivity index (χ2n) is 10.7. The molecule has 3 heterocycles. The lowest BCUT2D eigenvalue weighted by molar-refractivity contribution is -0.384. The average Bonchev–Trinajstić information content (AvgIpc) is 3.63. The summed E-state index contributed by atoms with van der Waals surface area (Å²) >= 11 is 1.28. The summed E-state index contributed by atoms with van der Waals surface area (Å²) in [6.07, 6.45) is 3.24. The van der Waals surface area contributed by atoms with Crippen LogP contribution in [0.15, 0.2) is 92.6 Å². The molecular weight excluding hydrogens is 578 g/mol. The molecule has 0 saturated carbocycles. The summed E-state index contributed by atoms with van der Waals surface area (Å²) in [5.74, 6) is 2.06. The molecule has 1 aliphatic carbocycles. The van der Waals surface area contributed by atoms with E-state index in [9.17, 15) is 14.9 Å². The van der Waals surface area contributed by atoms with Crippen molar-refractivity contribution >= 4 is 28.8 Å². The summed E-state index contributed by atoms with van der Waals surface area (Å²) in [7, 11) is 3.23. The molecule has 9 nitrogen and oxygen atoms in total. The normalized spacial score (nSPS) is 15.7. The van der Waals surface area contributed by atoms with Gasteiger partial charge in [-0.05, 0) is 72.9 Å². The van der Waals surface area contributed by atoms with Gasteiger partial charge in [-0.3, -0.25) is 19.5 Å². The van der Waals surface area contributed by atoms with E-state index < -0.39 is 11.0 Å². The lowest BCUT2D eigenvalue weighted by Crippen LogP contribution is -2.39. The van der Waals surface area contributed by atoms with E-state index in [0.717, 1.165) is 40.8 Å². The molecule has 2 aromatic heterocycles. The predicted octanol–water partition coefficient (Wildman–Crippen LogP) is 5.81. The third-order valence-corrected chi connectivity index (χ3v) is 9.10. The third kappa shape index (κ3) is 4.55. The van der Waals surface area contributed by atoms with Gasteiger partial charge >= 0.3 is 0 Å². The van der Waals surface area contributed by atoms with Crippen LogP contribution in [0.3, 0.4) is 0 Å². The van der Waals surface area contributed by atoms with Gasteiger partial charge in [0.15, 0.2) is 4.80 Å². The smallest absolute Gasteiger partial charge is 0.280 e. The lowest BCUT2D eigenvalue weighted by atomic mass is 9.83. The fourth-order valence-corrected chi connectivity index (χ4v) is 7.04. The van der Waals surface area contributed by atoms with Crippen LogP contribution in [0.4, 0.5) is 5.69 Å². The van der Waals surface area contributed by atoms with E-state index >= 15 is 0 Å². The fraction of sp³-hybridized carbons (Fsp3) is 0.176. The van der Waals surface area contributed by atoms with Crippen molar-refractivity contribution in [1.29, 1.82) is 0 Å². The van der Waals surface area contributed by atoms with E-state index in [-0.39, 0.29) is 11.2 Å². The molecule has 0 spiro atoms. The number of nitrogens with zero attached hydrogens (tertiary/aromatic N) is 3. The molecule has 0 saturated heterocycles. The molecule has 220 valence electrons. The van der Waals surface area contributed by atoms with Crippen molar-refractivity contribution in [2.75, 3.05) is 14.2 Å². The maximum absolute atomic E-state index is 14.2. The summed E-state index contributed by atoms with van der Waals surface area (Å²) < 4.78 is 19.6. The number of fused-ring (bicyclic) bond motifs is 3. The van der Waals surface area contributed by atoms with Gasteiger partial charge in [-0.1, -0.05) is 41.7 Å². The number of benzene rings is 3. The SMILES string of the molecule is COc1ccc(OC)c(C2C3=C(N=c4s/c(=C/c5ccc(-c6ccc(C)cc6[N+](=O)[O-])o5)c(=O)n42)c2ccccc2CC3)c1. The highest BCUT2D eigenvalue weighted by Crippen LogP contribution is 2.44. The highest BCUT2D eigenvalue weighted by molar-refractivity contribution is 7.07. The number of rotatable bonds is 6. The molecule has 3 aromatic carbocycles. The second-order valence-corrected chi connectivity index (χ2v) is 11.7. The Morgan fingerprint density at radius 1 is 1.02 bits per heavy atom. The van der Waals surface area contributed by atoms with Crippen molar-refractivity contribution in [1.82, 2.24) is 4.57 Å². The quantitative estimate of drug-likeness (QED) is 0.178. The van der Waals surface area contributed by atoms with Gasteiger partial charge < -0.3 is 13.9 Å². The molecule has 0 amide bonds. The number of ether oxygens (including phenoxy) is 2. The first-order chi connectivity index (χ1) is 21.4. The first-order valence-electron chi connectivity index (χ1n) is 14.1. The number of furan rings is 1. The standard InChI is InChI=1S/C34H27N3O6S/c1-19-8-12-24(27(16-19)37(39)40)29-15-11-22(43-29)18-30-33(38)36-32(26-17-21(41-2)10-14-28(26)42-3)25-13-9-20-6-4-5-7-23(20)31(25)35-34(36)44-30/h4-8,10-12,14-18,32H,9,13H2,1-3H3/b30-18+. The highest BCUT2D eigenvalue weighted by atomic mass is 32.1. The second kappa shape index (κ2) is 10.8. The molecule has 0 radical (unpaired) electrons. The van der Waals surface area contributed by atoms with Crippen LogP contribution < -0.4 is 24.4 Å². The number of hydrogen-bond acceptors (Lipinski definition) is 8. The topological polar surface area (TPSA) is 109 Å². The number of thiazole rings is 1. The van der Waals surface area contributed by atoms with Gasteiger partial charge in [0.05, 0.1) is 41.0 Å². The Bertz CT molecular complexity index is 2190. The first kappa shape index (κ1) is 27.6. The van der Waals surface area contributed by atoms with Gasteiger partial charge in [-0.15, -0.1) is 0 Å². The fourth-order valence-electron chi connectivity index (χ4n) is 6.06. The van der Waals surface area contributed by atoms with Crippen LogP contribution in [0.2, 0.25) is 0 Å². The van der Waals surface area contributed by atoms with E-state index in [1.165, 1.54) is 23.0 Å². The van der Waals surface area contributed by atoms with Gasteiger partial charge in [-0.2, -0.15) is 0 Å². The van der Waals surface area contributed by atoms with E-state index in [1.54, 1.807) is 56.1 Å². The number of nitro groups is 1. The molecule has 0 fully saturated rings. The van der Waals surface area contributed by atoms with Crippen LogP contribution >= 0.6 is 11.3 Å². The Kier molecular flexibility index (Phi) is 6.78. The number of aromatic nitrogens is 1. The van der Waals surface area contributed by atoms with Crippen molar-refractivity contribution in [3.8, 4) is 22.8 Å². The molecule has 44 heavy (non-hydrogen) atoms. The van der Waals surface area contributed by atoms with Gasteiger partial charge in [-0.25, -0.2) is 4.99 Å². The van der Waals surface area contributed by atoms with Crippen LogP contribution in [-0.2, 0) is 6.42 Å². The molecule has 2 aliphatic rings. The molecular formula is C34H27N3O6S. The van der Waals surface area contributed by atoms with Crippen LogP contribution in [0, 0.1) is 17.0 Å². The van der Waals surface area contributed by atoms with E-state index in [1.807, 2.05) is 30.3 Å². The van der Waals surface area contributed by atoms with E-state index in [0.29, 0.717) is 37.9 Å².